The number of amides is 2. The van der Waals surface area contributed by atoms with Crippen LogP contribution < -0.4 is 14.8 Å². The number of hydrogen-bond acceptors (Lipinski definition) is 8. The molecule has 0 saturated carbocycles. The maximum atomic E-state index is 14.4. The summed E-state index contributed by atoms with van der Waals surface area (Å²) in [5.74, 6) is -0.353. The Morgan fingerprint density at radius 1 is 1.02 bits per heavy atom. The predicted octanol–water partition coefficient (Wildman–Crippen LogP) is 7.36. The van der Waals surface area contributed by atoms with Gasteiger partial charge in [0.25, 0.3) is 15.9 Å². The lowest BCUT2D eigenvalue weighted by Crippen LogP contribution is -2.45. The molecular weight excluding hydrogens is 643 g/mol. The van der Waals surface area contributed by atoms with Crippen molar-refractivity contribution in [3.8, 4) is 17.1 Å². The van der Waals surface area contributed by atoms with Gasteiger partial charge in [-0.2, -0.15) is 4.98 Å². The molecular formula is C37H43N5O6S. The zero-order chi connectivity index (χ0) is 35.5. The molecule has 0 spiro atoms. The van der Waals surface area contributed by atoms with E-state index in [0.717, 1.165) is 22.3 Å². The lowest BCUT2D eigenvalue weighted by atomic mass is 9.87. The summed E-state index contributed by atoms with van der Waals surface area (Å²) in [5, 5.41) is 2.74. The van der Waals surface area contributed by atoms with Crippen LogP contribution in [0.3, 0.4) is 0 Å². The van der Waals surface area contributed by atoms with E-state index in [4.69, 9.17) is 9.47 Å². The highest BCUT2D eigenvalue weighted by atomic mass is 32.2. The lowest BCUT2D eigenvalue weighted by Gasteiger charge is -2.36. The van der Waals surface area contributed by atoms with Gasteiger partial charge in [0.15, 0.2) is 0 Å². The van der Waals surface area contributed by atoms with Crippen molar-refractivity contribution in [2.75, 3.05) is 16.6 Å². The van der Waals surface area contributed by atoms with Gasteiger partial charge in [0.1, 0.15) is 6.61 Å². The summed E-state index contributed by atoms with van der Waals surface area (Å²) in [5.41, 5.74) is 4.49. The zero-order valence-electron chi connectivity index (χ0n) is 28.9. The molecule has 3 aromatic carbocycles. The number of benzene rings is 3. The summed E-state index contributed by atoms with van der Waals surface area (Å²) in [6.45, 7) is 13.9. The van der Waals surface area contributed by atoms with Gasteiger partial charge >= 0.3 is 6.09 Å². The van der Waals surface area contributed by atoms with Crippen molar-refractivity contribution in [1.29, 1.82) is 0 Å². The van der Waals surface area contributed by atoms with Crippen LogP contribution in [0.15, 0.2) is 77.7 Å². The molecule has 1 atom stereocenters. The normalized spacial score (nSPS) is 16.0. The third-order valence-electron chi connectivity index (χ3n) is 7.90. The first-order chi connectivity index (χ1) is 23.1. The number of hydrogen-bond donors (Lipinski definition) is 2. The van der Waals surface area contributed by atoms with Crippen molar-refractivity contribution in [3.05, 3.63) is 95.1 Å². The molecule has 49 heavy (non-hydrogen) atoms. The van der Waals surface area contributed by atoms with Gasteiger partial charge < -0.3 is 14.4 Å². The Labute approximate surface area is 288 Å². The summed E-state index contributed by atoms with van der Waals surface area (Å²) in [7, 11) is -4.20. The van der Waals surface area contributed by atoms with Gasteiger partial charge in [0.05, 0.1) is 22.7 Å². The topological polar surface area (TPSA) is 140 Å². The summed E-state index contributed by atoms with van der Waals surface area (Å²) in [6.07, 6.45) is -0.321. The number of nitrogens with zero attached hydrogens (tertiary/aromatic N) is 3. The molecule has 4 bridgehead atoms. The molecule has 0 saturated heterocycles. The molecule has 1 aromatic heterocycles. The first-order valence-corrected chi connectivity index (χ1v) is 17.7. The van der Waals surface area contributed by atoms with Crippen LogP contribution >= 0.6 is 0 Å². The number of nitrogens with one attached hydrogen (secondary N) is 2. The van der Waals surface area contributed by atoms with Gasteiger partial charge in [-0.05, 0) is 86.6 Å². The van der Waals surface area contributed by atoms with Gasteiger partial charge in [-0.25, -0.2) is 22.9 Å². The maximum Gasteiger partial charge on any atom is 0.411 e. The minimum Gasteiger partial charge on any atom is -0.475 e. The van der Waals surface area contributed by atoms with Gasteiger partial charge in [0.2, 0.25) is 11.8 Å². The largest absolute Gasteiger partial charge is 0.475 e. The molecule has 0 unspecified atom stereocenters. The number of rotatable bonds is 6. The van der Waals surface area contributed by atoms with Crippen LogP contribution in [0.5, 0.6) is 5.88 Å². The predicted molar refractivity (Wildman–Crippen MR) is 189 cm³/mol. The van der Waals surface area contributed by atoms with E-state index >= 15 is 0 Å². The molecule has 2 amide bonds. The van der Waals surface area contributed by atoms with Gasteiger partial charge in [-0.15, -0.1) is 0 Å². The lowest BCUT2D eigenvalue weighted by molar-refractivity contribution is 0.0513. The highest BCUT2D eigenvalue weighted by Gasteiger charge is 2.31. The van der Waals surface area contributed by atoms with Crippen LogP contribution in [0.25, 0.3) is 11.3 Å². The molecule has 258 valence electrons. The minimum atomic E-state index is -4.20. The summed E-state index contributed by atoms with van der Waals surface area (Å²) < 4.78 is 41.5. The second kappa shape index (κ2) is 14.3. The fourth-order valence-electron chi connectivity index (χ4n) is 5.85. The van der Waals surface area contributed by atoms with E-state index in [9.17, 15) is 18.0 Å². The van der Waals surface area contributed by atoms with Gasteiger partial charge in [-0.3, -0.25) is 10.1 Å². The number of ether oxygens (including phenoxy) is 2. The van der Waals surface area contributed by atoms with Crippen molar-refractivity contribution < 1.29 is 27.5 Å². The first-order valence-electron chi connectivity index (χ1n) is 16.2. The van der Waals surface area contributed by atoms with E-state index in [0.29, 0.717) is 17.8 Å². The highest BCUT2D eigenvalue weighted by molar-refractivity contribution is 7.92. The highest BCUT2D eigenvalue weighted by Crippen LogP contribution is 2.32. The number of aryl methyl sites for hydroxylation is 2. The fourth-order valence-corrected chi connectivity index (χ4v) is 6.84. The molecule has 12 heteroatoms. The van der Waals surface area contributed by atoms with E-state index in [1.807, 2.05) is 38.1 Å². The Kier molecular flexibility index (Phi) is 10.3. The SMILES string of the molecule is Cc1cccc(C)c1-c1cc2nc(n1)NS(=O)(=O)c1cccc(c1)C(=O)N(Cc1cccc(NC(=O)OC(C)C)c1)[C@H](CC(C)(C)C)CO2. The van der Waals surface area contributed by atoms with E-state index in [-0.39, 0.29) is 52.9 Å². The molecule has 11 nitrogen and oxygen atoms in total. The Hall–Kier alpha value is -4.97. The zero-order valence-corrected chi connectivity index (χ0v) is 29.7. The molecule has 4 aromatic rings. The molecule has 2 N–H and O–H groups in total. The molecule has 0 radical (unpaired) electrons. The number of aromatic nitrogens is 2. The maximum absolute atomic E-state index is 14.4. The Morgan fingerprint density at radius 3 is 2.41 bits per heavy atom. The molecule has 2 heterocycles. The minimum absolute atomic E-state index is 0.0662. The molecule has 0 aliphatic carbocycles. The monoisotopic (exact) mass is 685 g/mol. The van der Waals surface area contributed by atoms with Gasteiger partial charge in [-0.1, -0.05) is 57.2 Å². The summed E-state index contributed by atoms with van der Waals surface area (Å²) >= 11 is 0. The van der Waals surface area contributed by atoms with Crippen LogP contribution in [0.2, 0.25) is 0 Å². The Morgan fingerprint density at radius 2 is 1.71 bits per heavy atom. The quantitative estimate of drug-likeness (QED) is 0.215. The fraction of sp³-hybridized carbons (Fsp3) is 0.351. The van der Waals surface area contributed by atoms with E-state index in [1.165, 1.54) is 12.1 Å². The van der Waals surface area contributed by atoms with Crippen molar-refractivity contribution in [2.45, 2.75) is 78.5 Å². The van der Waals surface area contributed by atoms with E-state index in [2.05, 4.69) is 40.8 Å². The molecule has 0 fully saturated rings. The van der Waals surface area contributed by atoms with Crippen LogP contribution in [0.4, 0.5) is 16.4 Å². The molecule has 5 rings (SSSR count). The standard InChI is InChI=1S/C37H43N5O6S/c1-23(2)48-36(44)38-28-15-9-13-26(17-28)21-42-29(20-37(5,6)7)22-47-32-19-31(33-24(3)11-8-12-25(33)4)39-35(40-32)41-49(45,46)30-16-10-14-27(18-30)34(42)43/h8-19,23,29H,20-22H2,1-7H3,(H,38,44)(H,39,40,41)/t29-/m1/s1. The number of sulfonamides is 1. The first kappa shape index (κ1) is 35.3. The van der Waals surface area contributed by atoms with Gasteiger partial charge in [0, 0.05) is 29.4 Å². The second-order valence-corrected chi connectivity index (χ2v) is 15.4. The molecule has 1 aliphatic rings. The van der Waals surface area contributed by atoms with Crippen molar-refractivity contribution in [1.82, 2.24) is 14.9 Å². The number of carbonyl (C=O) groups is 2. The average Bonchev–Trinajstić information content (AvgIpc) is 3.00. The second-order valence-electron chi connectivity index (χ2n) is 13.8. The molecule has 1 aliphatic heterocycles. The number of anilines is 2. The van der Waals surface area contributed by atoms with E-state index < -0.39 is 22.2 Å². The number of carbonyl (C=O) groups excluding carboxylic acids is 2. The van der Waals surface area contributed by atoms with Crippen LogP contribution in [0.1, 0.15) is 68.1 Å². The smallest absolute Gasteiger partial charge is 0.411 e. The Bertz CT molecular complexity index is 1950. The van der Waals surface area contributed by atoms with Crippen molar-refractivity contribution in [2.24, 2.45) is 5.41 Å². The van der Waals surface area contributed by atoms with Crippen LogP contribution in [-0.2, 0) is 21.3 Å². The third kappa shape index (κ3) is 8.94. The number of fused-ring (bicyclic) bond motifs is 4. The van der Waals surface area contributed by atoms with E-state index in [1.54, 1.807) is 55.1 Å². The summed E-state index contributed by atoms with van der Waals surface area (Å²) in [4.78, 5) is 37.4. The van der Waals surface area contributed by atoms with Crippen molar-refractivity contribution >= 4 is 33.7 Å². The third-order valence-corrected chi connectivity index (χ3v) is 9.22. The average molecular weight is 686 g/mol. The van der Waals surface area contributed by atoms with Crippen LogP contribution in [0, 0.1) is 19.3 Å². The summed E-state index contributed by atoms with van der Waals surface area (Å²) in [6, 6.07) is 20.2. The van der Waals surface area contributed by atoms with Crippen molar-refractivity contribution in [3.63, 3.8) is 0 Å². The Balaban J connectivity index is 1.62. The van der Waals surface area contributed by atoms with Crippen LogP contribution in [-0.4, -0.2) is 54.0 Å².